The molecular formula is C16H30N4O. The van der Waals surface area contributed by atoms with Crippen molar-refractivity contribution in [3.05, 3.63) is 18.7 Å². The van der Waals surface area contributed by atoms with Gasteiger partial charge in [-0.05, 0) is 18.3 Å². The van der Waals surface area contributed by atoms with Crippen molar-refractivity contribution >= 4 is 5.91 Å². The van der Waals surface area contributed by atoms with Crippen molar-refractivity contribution in [3.8, 4) is 0 Å². The van der Waals surface area contributed by atoms with Gasteiger partial charge in [-0.1, -0.05) is 34.6 Å². The van der Waals surface area contributed by atoms with Gasteiger partial charge >= 0.3 is 0 Å². The molecule has 3 N–H and O–H groups in total. The zero-order valence-corrected chi connectivity index (χ0v) is 14.0. The van der Waals surface area contributed by atoms with Crippen LogP contribution in [0.1, 0.15) is 47.5 Å². The van der Waals surface area contributed by atoms with Gasteiger partial charge in [-0.2, -0.15) is 0 Å². The molecule has 0 bridgehead atoms. The standard InChI is InChI=1S/C16H30N4O/c1-6-16(7-2,11-17)14(21)19-13(15(3,4)5)10-20-9-8-18-12-20/h8-9,12-13H,6-7,10-11,17H2,1-5H3,(H,19,21). The third-order valence-electron chi connectivity index (χ3n) is 4.53. The van der Waals surface area contributed by atoms with Crippen molar-refractivity contribution in [2.75, 3.05) is 6.54 Å². The molecule has 1 rings (SSSR count). The third kappa shape index (κ3) is 4.30. The van der Waals surface area contributed by atoms with Crippen LogP contribution in [-0.4, -0.2) is 28.0 Å². The minimum absolute atomic E-state index is 0.0308. The average molecular weight is 294 g/mol. The Balaban J connectivity index is 2.88. The summed E-state index contributed by atoms with van der Waals surface area (Å²) in [6.07, 6.45) is 6.97. The number of carbonyl (C=O) groups is 1. The Bertz CT molecular complexity index is 421. The number of nitrogens with one attached hydrogen (secondary N) is 1. The van der Waals surface area contributed by atoms with E-state index in [1.54, 1.807) is 12.5 Å². The van der Waals surface area contributed by atoms with E-state index in [9.17, 15) is 4.79 Å². The third-order valence-corrected chi connectivity index (χ3v) is 4.53. The Morgan fingerprint density at radius 3 is 2.33 bits per heavy atom. The molecule has 0 aromatic carbocycles. The molecule has 1 unspecified atom stereocenters. The van der Waals surface area contributed by atoms with Crippen molar-refractivity contribution < 1.29 is 4.79 Å². The largest absolute Gasteiger partial charge is 0.351 e. The van der Waals surface area contributed by atoms with Crippen LogP contribution >= 0.6 is 0 Å². The SMILES string of the molecule is CCC(CC)(CN)C(=O)NC(Cn1ccnc1)C(C)(C)C. The van der Waals surface area contributed by atoms with E-state index in [4.69, 9.17) is 5.73 Å². The molecule has 0 spiro atoms. The van der Waals surface area contributed by atoms with E-state index in [1.807, 2.05) is 24.6 Å². The minimum atomic E-state index is -0.460. The summed E-state index contributed by atoms with van der Waals surface area (Å²) in [7, 11) is 0. The average Bonchev–Trinajstić information content (AvgIpc) is 2.92. The van der Waals surface area contributed by atoms with Crippen LogP contribution in [0, 0.1) is 10.8 Å². The van der Waals surface area contributed by atoms with Crippen molar-refractivity contribution in [2.24, 2.45) is 16.6 Å². The number of aromatic nitrogens is 2. The minimum Gasteiger partial charge on any atom is -0.351 e. The molecule has 5 heteroatoms. The lowest BCUT2D eigenvalue weighted by molar-refractivity contribution is -0.132. The maximum absolute atomic E-state index is 12.7. The van der Waals surface area contributed by atoms with Gasteiger partial charge in [0.1, 0.15) is 0 Å². The monoisotopic (exact) mass is 294 g/mol. The zero-order valence-electron chi connectivity index (χ0n) is 14.0. The number of nitrogens with zero attached hydrogens (tertiary/aromatic N) is 2. The summed E-state index contributed by atoms with van der Waals surface area (Å²) in [5.41, 5.74) is 5.37. The number of carbonyl (C=O) groups excluding carboxylic acids is 1. The van der Waals surface area contributed by atoms with Crippen LogP contribution in [0.2, 0.25) is 0 Å². The number of hydrogen-bond donors (Lipinski definition) is 2. The number of amides is 1. The molecule has 1 aromatic rings. The molecule has 1 amide bonds. The lowest BCUT2D eigenvalue weighted by atomic mass is 9.79. The van der Waals surface area contributed by atoms with E-state index in [-0.39, 0.29) is 17.4 Å². The lowest BCUT2D eigenvalue weighted by Gasteiger charge is -2.36. The summed E-state index contributed by atoms with van der Waals surface area (Å²) in [4.78, 5) is 16.8. The molecular weight excluding hydrogens is 264 g/mol. The van der Waals surface area contributed by atoms with Crippen LogP contribution in [0.25, 0.3) is 0 Å². The van der Waals surface area contributed by atoms with Gasteiger partial charge in [0, 0.05) is 25.5 Å². The van der Waals surface area contributed by atoms with Crippen LogP contribution in [0.5, 0.6) is 0 Å². The van der Waals surface area contributed by atoms with Crippen molar-refractivity contribution in [1.29, 1.82) is 0 Å². The Kier molecular flexibility index (Phi) is 5.96. The Morgan fingerprint density at radius 2 is 1.95 bits per heavy atom. The van der Waals surface area contributed by atoms with Gasteiger partial charge in [-0.15, -0.1) is 0 Å². The van der Waals surface area contributed by atoms with Gasteiger partial charge in [-0.3, -0.25) is 4.79 Å². The van der Waals surface area contributed by atoms with Crippen LogP contribution in [0.15, 0.2) is 18.7 Å². The summed E-state index contributed by atoms with van der Waals surface area (Å²) in [6, 6.07) is 0.0308. The molecule has 0 fully saturated rings. The molecule has 0 aliphatic carbocycles. The first kappa shape index (κ1) is 17.7. The molecule has 0 aliphatic rings. The molecule has 5 nitrogen and oxygen atoms in total. The fourth-order valence-electron chi connectivity index (χ4n) is 2.41. The Labute approximate surface area is 128 Å². The number of nitrogens with two attached hydrogens (primary N) is 1. The molecule has 0 saturated heterocycles. The van der Waals surface area contributed by atoms with Crippen LogP contribution in [-0.2, 0) is 11.3 Å². The van der Waals surface area contributed by atoms with E-state index in [0.717, 1.165) is 12.8 Å². The van der Waals surface area contributed by atoms with Crippen LogP contribution in [0.3, 0.4) is 0 Å². The van der Waals surface area contributed by atoms with Gasteiger partial charge in [0.05, 0.1) is 17.8 Å². The fourth-order valence-corrected chi connectivity index (χ4v) is 2.41. The first-order chi connectivity index (χ1) is 9.79. The predicted octanol–water partition coefficient (Wildman–Crippen LogP) is 2.18. The molecule has 1 aromatic heterocycles. The number of hydrogen-bond acceptors (Lipinski definition) is 3. The van der Waals surface area contributed by atoms with Crippen molar-refractivity contribution in [2.45, 2.75) is 60.0 Å². The van der Waals surface area contributed by atoms with Crippen LogP contribution in [0.4, 0.5) is 0 Å². The number of rotatable bonds is 7. The molecule has 120 valence electrons. The van der Waals surface area contributed by atoms with Crippen molar-refractivity contribution in [1.82, 2.24) is 14.9 Å². The Morgan fingerprint density at radius 1 is 1.33 bits per heavy atom. The van der Waals surface area contributed by atoms with Gasteiger partial charge < -0.3 is 15.6 Å². The van der Waals surface area contributed by atoms with E-state index >= 15 is 0 Å². The number of imidazole rings is 1. The van der Waals surface area contributed by atoms with Gasteiger partial charge in [-0.25, -0.2) is 4.98 Å². The summed E-state index contributed by atoms with van der Waals surface area (Å²) in [5, 5.41) is 3.22. The summed E-state index contributed by atoms with van der Waals surface area (Å²) in [6.45, 7) is 11.6. The van der Waals surface area contributed by atoms with Gasteiger partial charge in [0.25, 0.3) is 0 Å². The van der Waals surface area contributed by atoms with E-state index in [2.05, 4.69) is 31.1 Å². The van der Waals surface area contributed by atoms with E-state index in [1.165, 1.54) is 0 Å². The molecule has 0 saturated carbocycles. The van der Waals surface area contributed by atoms with Crippen LogP contribution < -0.4 is 11.1 Å². The highest BCUT2D eigenvalue weighted by Crippen LogP contribution is 2.27. The lowest BCUT2D eigenvalue weighted by Crippen LogP contribution is -2.53. The molecule has 0 aliphatic heterocycles. The summed E-state index contributed by atoms with van der Waals surface area (Å²) in [5.74, 6) is 0.0649. The fraction of sp³-hybridized carbons (Fsp3) is 0.750. The zero-order chi connectivity index (χ0) is 16.1. The topological polar surface area (TPSA) is 72.9 Å². The smallest absolute Gasteiger partial charge is 0.227 e. The first-order valence-electron chi connectivity index (χ1n) is 7.76. The summed E-state index contributed by atoms with van der Waals surface area (Å²) < 4.78 is 2.00. The Hall–Kier alpha value is -1.36. The van der Waals surface area contributed by atoms with E-state index in [0.29, 0.717) is 13.1 Å². The second-order valence-corrected chi connectivity index (χ2v) is 6.84. The highest BCUT2D eigenvalue weighted by atomic mass is 16.2. The molecule has 21 heavy (non-hydrogen) atoms. The molecule has 0 radical (unpaired) electrons. The summed E-state index contributed by atoms with van der Waals surface area (Å²) >= 11 is 0. The maximum Gasteiger partial charge on any atom is 0.227 e. The normalized spacial score (nSPS) is 14.0. The molecule has 1 heterocycles. The van der Waals surface area contributed by atoms with E-state index < -0.39 is 5.41 Å². The quantitative estimate of drug-likeness (QED) is 0.809. The first-order valence-corrected chi connectivity index (χ1v) is 7.76. The van der Waals surface area contributed by atoms with Gasteiger partial charge in [0.15, 0.2) is 0 Å². The highest BCUT2D eigenvalue weighted by molar-refractivity contribution is 5.83. The predicted molar refractivity (Wildman–Crippen MR) is 85.7 cm³/mol. The van der Waals surface area contributed by atoms with Crippen molar-refractivity contribution in [3.63, 3.8) is 0 Å². The second kappa shape index (κ2) is 7.07. The molecule has 1 atom stereocenters. The maximum atomic E-state index is 12.7. The highest BCUT2D eigenvalue weighted by Gasteiger charge is 2.36. The van der Waals surface area contributed by atoms with Gasteiger partial charge in [0.2, 0.25) is 5.91 Å². The second-order valence-electron chi connectivity index (χ2n) is 6.84.